The van der Waals surface area contributed by atoms with Crippen molar-refractivity contribution in [2.24, 2.45) is 11.8 Å². The number of hydrogen-bond donors (Lipinski definition) is 0. The third-order valence-electron chi connectivity index (χ3n) is 3.51. The quantitative estimate of drug-likeness (QED) is 0.783. The summed E-state index contributed by atoms with van der Waals surface area (Å²) in [6, 6.07) is 11.0. The Kier molecular flexibility index (Phi) is 4.42. The van der Waals surface area contributed by atoms with Gasteiger partial charge < -0.3 is 14.2 Å². The average Bonchev–Trinajstić information content (AvgIpc) is 2.92. The van der Waals surface area contributed by atoms with E-state index in [1.54, 1.807) is 31.4 Å². The molecule has 1 heterocycles. The fourth-order valence-electron chi connectivity index (χ4n) is 2.40. The number of hydrogen-bond acceptors (Lipinski definition) is 6. The minimum Gasteiger partial charge on any atom is -0.497 e. The van der Waals surface area contributed by atoms with Gasteiger partial charge >= 0.3 is 5.97 Å². The van der Waals surface area contributed by atoms with E-state index in [1.807, 2.05) is 6.07 Å². The summed E-state index contributed by atoms with van der Waals surface area (Å²) in [5.41, 5.74) is 0.717. The lowest BCUT2D eigenvalue weighted by Gasteiger charge is -2.14. The normalized spacial score (nSPS) is 27.4. The van der Waals surface area contributed by atoms with E-state index in [9.17, 15) is 15.3 Å². The molecule has 1 aliphatic rings. The first-order valence-electron chi connectivity index (χ1n) is 6.32. The van der Waals surface area contributed by atoms with E-state index < -0.39 is 30.0 Å². The zero-order chi connectivity index (χ0) is 15.4. The highest BCUT2D eigenvalue weighted by atomic mass is 16.6. The van der Waals surface area contributed by atoms with Crippen molar-refractivity contribution in [3.8, 4) is 17.9 Å². The van der Waals surface area contributed by atoms with E-state index in [1.165, 1.54) is 7.11 Å². The fraction of sp³-hybridized carbons (Fsp3) is 0.400. The Labute approximate surface area is 122 Å². The summed E-state index contributed by atoms with van der Waals surface area (Å²) in [5.74, 6) is -1.55. The van der Waals surface area contributed by atoms with Gasteiger partial charge in [-0.05, 0) is 17.7 Å². The monoisotopic (exact) mass is 286 g/mol. The van der Waals surface area contributed by atoms with Crippen molar-refractivity contribution >= 4 is 5.97 Å². The molecule has 4 atom stereocenters. The largest absolute Gasteiger partial charge is 0.497 e. The summed E-state index contributed by atoms with van der Waals surface area (Å²) in [5, 5.41) is 18.5. The van der Waals surface area contributed by atoms with Gasteiger partial charge in [-0.1, -0.05) is 12.1 Å². The van der Waals surface area contributed by atoms with Gasteiger partial charge in [-0.25, -0.2) is 4.79 Å². The van der Waals surface area contributed by atoms with Gasteiger partial charge in [0.25, 0.3) is 0 Å². The van der Waals surface area contributed by atoms with Crippen LogP contribution >= 0.6 is 0 Å². The van der Waals surface area contributed by atoms with Crippen molar-refractivity contribution in [3.63, 3.8) is 0 Å². The molecule has 0 aliphatic carbocycles. The second-order valence-corrected chi connectivity index (χ2v) is 4.58. The molecule has 6 nitrogen and oxygen atoms in total. The first-order valence-corrected chi connectivity index (χ1v) is 6.32. The minimum atomic E-state index is -1.04. The average molecular weight is 286 g/mol. The highest BCUT2D eigenvalue weighted by Crippen LogP contribution is 2.42. The van der Waals surface area contributed by atoms with Crippen LogP contribution in [0.4, 0.5) is 0 Å². The zero-order valence-electron chi connectivity index (χ0n) is 11.6. The number of esters is 1. The molecule has 1 fully saturated rings. The number of ether oxygens (including phenoxy) is 3. The maximum absolute atomic E-state index is 11.7. The van der Waals surface area contributed by atoms with E-state index in [2.05, 4.69) is 10.8 Å². The molecule has 0 bridgehead atoms. The molecule has 1 aliphatic heterocycles. The summed E-state index contributed by atoms with van der Waals surface area (Å²) >= 11 is 0. The Morgan fingerprint density at radius 3 is 2.24 bits per heavy atom. The van der Waals surface area contributed by atoms with Crippen LogP contribution in [-0.4, -0.2) is 26.3 Å². The maximum atomic E-state index is 11.7. The van der Waals surface area contributed by atoms with Gasteiger partial charge in [-0.15, -0.1) is 0 Å². The Bertz CT molecular complexity index is 600. The van der Waals surface area contributed by atoms with Gasteiger partial charge in [-0.3, -0.25) is 0 Å². The van der Waals surface area contributed by atoms with Crippen LogP contribution in [0, 0.1) is 34.5 Å². The van der Waals surface area contributed by atoms with Crippen LogP contribution in [0.3, 0.4) is 0 Å². The topological polar surface area (TPSA) is 92.3 Å². The SMILES string of the molecule is COC(=O)[C@@H]1O[C@H](c2ccc(OC)cc2)[C@@H](C#N)[C@@H]1C#N. The van der Waals surface area contributed by atoms with Crippen LogP contribution in [0.5, 0.6) is 5.75 Å². The number of rotatable bonds is 3. The fourth-order valence-corrected chi connectivity index (χ4v) is 2.40. The summed E-state index contributed by atoms with van der Waals surface area (Å²) in [6.07, 6.45) is -1.69. The lowest BCUT2D eigenvalue weighted by Crippen LogP contribution is -2.28. The lowest BCUT2D eigenvalue weighted by molar-refractivity contribution is -0.154. The number of nitrogens with zero attached hydrogens (tertiary/aromatic N) is 2. The first kappa shape index (κ1) is 14.8. The van der Waals surface area contributed by atoms with E-state index in [0.29, 0.717) is 11.3 Å². The van der Waals surface area contributed by atoms with E-state index in [0.717, 1.165) is 0 Å². The predicted octanol–water partition coefficient (Wildman–Crippen LogP) is 1.59. The van der Waals surface area contributed by atoms with Crippen molar-refractivity contribution < 1.29 is 19.0 Å². The molecule has 0 radical (unpaired) electrons. The highest BCUT2D eigenvalue weighted by Gasteiger charge is 2.49. The van der Waals surface area contributed by atoms with E-state index >= 15 is 0 Å². The summed E-state index contributed by atoms with van der Waals surface area (Å²) < 4.78 is 15.3. The summed E-state index contributed by atoms with van der Waals surface area (Å²) in [6.45, 7) is 0. The molecule has 0 N–H and O–H groups in total. The number of carbonyl (C=O) groups is 1. The van der Waals surface area contributed by atoms with Crippen LogP contribution in [0.1, 0.15) is 11.7 Å². The lowest BCUT2D eigenvalue weighted by atomic mass is 9.86. The first-order chi connectivity index (χ1) is 10.2. The Balaban J connectivity index is 2.32. The summed E-state index contributed by atoms with van der Waals surface area (Å²) in [7, 11) is 2.78. The molecular weight excluding hydrogens is 272 g/mol. The van der Waals surface area contributed by atoms with Crippen molar-refractivity contribution in [2.45, 2.75) is 12.2 Å². The van der Waals surface area contributed by atoms with E-state index in [-0.39, 0.29) is 0 Å². The molecule has 0 saturated carbocycles. The van der Waals surface area contributed by atoms with Crippen LogP contribution in [0.25, 0.3) is 0 Å². The standard InChI is InChI=1S/C15H14N2O4/c1-19-10-5-3-9(4-6-10)13-11(7-16)12(8-17)14(21-13)15(18)20-2/h3-6,11-14H,1-2H3/t11-,12-,13+,14+/m0/s1. The Hall–Kier alpha value is -2.57. The number of benzene rings is 1. The van der Waals surface area contributed by atoms with Gasteiger partial charge in [0.05, 0.1) is 32.3 Å². The molecule has 21 heavy (non-hydrogen) atoms. The third kappa shape index (κ3) is 2.67. The smallest absolute Gasteiger partial charge is 0.336 e. The number of carbonyl (C=O) groups excluding carboxylic acids is 1. The van der Waals surface area contributed by atoms with Crippen molar-refractivity contribution in [3.05, 3.63) is 29.8 Å². The molecule has 108 valence electrons. The molecule has 1 saturated heterocycles. The molecule has 6 heteroatoms. The molecule has 0 aromatic heterocycles. The maximum Gasteiger partial charge on any atom is 0.336 e. The second-order valence-electron chi connectivity index (χ2n) is 4.58. The van der Waals surface area contributed by atoms with Gasteiger partial charge in [0.2, 0.25) is 0 Å². The highest BCUT2D eigenvalue weighted by molar-refractivity contribution is 5.76. The predicted molar refractivity (Wildman–Crippen MR) is 70.8 cm³/mol. The van der Waals surface area contributed by atoms with Crippen molar-refractivity contribution in [1.82, 2.24) is 0 Å². The van der Waals surface area contributed by atoms with Gasteiger partial charge in [0.15, 0.2) is 6.10 Å². The molecule has 0 unspecified atom stereocenters. The molecule has 1 aromatic rings. The van der Waals surface area contributed by atoms with Gasteiger partial charge in [0.1, 0.15) is 17.8 Å². The van der Waals surface area contributed by atoms with Crippen molar-refractivity contribution in [1.29, 1.82) is 10.5 Å². The Morgan fingerprint density at radius 1 is 1.14 bits per heavy atom. The molecule has 1 aromatic carbocycles. The molecule has 0 spiro atoms. The molecule has 0 amide bonds. The van der Waals surface area contributed by atoms with Crippen molar-refractivity contribution in [2.75, 3.05) is 14.2 Å². The second kappa shape index (κ2) is 6.25. The third-order valence-corrected chi connectivity index (χ3v) is 3.51. The Morgan fingerprint density at radius 2 is 1.76 bits per heavy atom. The van der Waals surface area contributed by atoms with Gasteiger partial charge in [0, 0.05) is 0 Å². The number of methoxy groups -OCH3 is 2. The van der Waals surface area contributed by atoms with Gasteiger partial charge in [-0.2, -0.15) is 10.5 Å². The van der Waals surface area contributed by atoms with Crippen LogP contribution < -0.4 is 4.74 Å². The molecule has 2 rings (SSSR count). The minimum absolute atomic E-state index is 0.641. The molecular formula is C15H14N2O4. The van der Waals surface area contributed by atoms with Crippen LogP contribution in [0.15, 0.2) is 24.3 Å². The van der Waals surface area contributed by atoms with E-state index in [4.69, 9.17) is 9.47 Å². The zero-order valence-corrected chi connectivity index (χ0v) is 11.6. The van der Waals surface area contributed by atoms with Crippen LogP contribution in [-0.2, 0) is 14.3 Å². The van der Waals surface area contributed by atoms with Crippen LogP contribution in [0.2, 0.25) is 0 Å². The number of nitriles is 2. The summed E-state index contributed by atoms with van der Waals surface area (Å²) in [4.78, 5) is 11.7.